The van der Waals surface area contributed by atoms with Gasteiger partial charge in [-0.2, -0.15) is 5.10 Å². The van der Waals surface area contributed by atoms with Crippen molar-refractivity contribution >= 4 is 27.8 Å². The Morgan fingerprint density at radius 3 is 2.75 bits per heavy atom. The molecule has 1 rings (SSSR count). The van der Waals surface area contributed by atoms with Crippen molar-refractivity contribution in [1.82, 2.24) is 9.99 Å². The van der Waals surface area contributed by atoms with E-state index in [0.29, 0.717) is 15.7 Å². The number of nitro groups is 1. The number of pyridine rings is 1. The van der Waals surface area contributed by atoms with Gasteiger partial charge in [0.05, 0.1) is 21.2 Å². The van der Waals surface area contributed by atoms with Crippen LogP contribution in [0.1, 0.15) is 11.3 Å². The molecule has 0 aromatic carbocycles. The van der Waals surface area contributed by atoms with Gasteiger partial charge in [0.15, 0.2) is 0 Å². The Hall–Kier alpha value is -1.50. The number of aryl methyl sites for hydroxylation is 1. The van der Waals surface area contributed by atoms with Crippen molar-refractivity contribution in [3.63, 3.8) is 0 Å². The molecule has 0 amide bonds. The zero-order valence-electron chi connectivity index (χ0n) is 9.14. The normalized spacial score (nSPS) is 10.8. The van der Waals surface area contributed by atoms with Gasteiger partial charge in [-0.15, -0.1) is 0 Å². The second-order valence-electron chi connectivity index (χ2n) is 3.30. The molecular formula is C9H11BrN4O2. The highest BCUT2D eigenvalue weighted by Gasteiger charge is 2.19. The minimum absolute atomic E-state index is 0.0278. The van der Waals surface area contributed by atoms with Crippen LogP contribution in [0.25, 0.3) is 0 Å². The average Bonchev–Trinajstić information content (AvgIpc) is 2.18. The van der Waals surface area contributed by atoms with Crippen LogP contribution in [-0.4, -0.2) is 35.2 Å². The summed E-state index contributed by atoms with van der Waals surface area (Å²) in [4.78, 5) is 14.4. The van der Waals surface area contributed by atoms with Gasteiger partial charge < -0.3 is 5.01 Å². The molecule has 0 radical (unpaired) electrons. The largest absolute Gasteiger partial charge is 0.303 e. The van der Waals surface area contributed by atoms with Crippen molar-refractivity contribution < 1.29 is 4.92 Å². The molecule has 0 atom stereocenters. The number of nitrogens with zero attached hydrogens (tertiary/aromatic N) is 4. The smallest absolute Gasteiger partial charge is 0.300 e. The summed E-state index contributed by atoms with van der Waals surface area (Å²) in [6.07, 6.45) is 2.97. The average molecular weight is 287 g/mol. The standard InChI is InChI=1S/C9H11BrN4O2/c1-6-9(14(15)16)7(4-12-13(2)3)8(10)5-11-6/h4-5H,1-3H3. The molecule has 0 aliphatic heterocycles. The van der Waals surface area contributed by atoms with E-state index in [1.54, 1.807) is 26.0 Å². The van der Waals surface area contributed by atoms with Crippen LogP contribution in [0.5, 0.6) is 0 Å². The van der Waals surface area contributed by atoms with Gasteiger partial charge in [-0.25, -0.2) is 0 Å². The quantitative estimate of drug-likeness (QED) is 0.484. The van der Waals surface area contributed by atoms with Crippen LogP contribution in [0.3, 0.4) is 0 Å². The van der Waals surface area contributed by atoms with E-state index < -0.39 is 4.92 Å². The first-order chi connectivity index (χ1) is 7.43. The summed E-state index contributed by atoms with van der Waals surface area (Å²) in [5, 5.41) is 16.5. The summed E-state index contributed by atoms with van der Waals surface area (Å²) in [5.74, 6) is 0. The number of rotatable bonds is 3. The van der Waals surface area contributed by atoms with Crippen LogP contribution >= 0.6 is 15.9 Å². The summed E-state index contributed by atoms with van der Waals surface area (Å²) in [6, 6.07) is 0. The lowest BCUT2D eigenvalue weighted by Crippen LogP contribution is -2.05. The SMILES string of the molecule is Cc1ncc(Br)c(C=NN(C)C)c1[N+](=O)[O-]. The predicted octanol–water partition coefficient (Wildman–Crippen LogP) is 1.96. The third-order valence-corrected chi connectivity index (χ3v) is 2.46. The maximum absolute atomic E-state index is 10.9. The van der Waals surface area contributed by atoms with Crippen LogP contribution in [0.15, 0.2) is 15.8 Å². The fourth-order valence-corrected chi connectivity index (χ4v) is 1.51. The summed E-state index contributed by atoms with van der Waals surface area (Å²) in [6.45, 7) is 1.59. The molecule has 7 heteroatoms. The molecule has 0 spiro atoms. The van der Waals surface area contributed by atoms with Gasteiger partial charge in [-0.1, -0.05) is 0 Å². The summed E-state index contributed by atoms with van der Waals surface area (Å²) >= 11 is 3.22. The highest BCUT2D eigenvalue weighted by molar-refractivity contribution is 9.10. The summed E-state index contributed by atoms with van der Waals surface area (Å²) in [5.41, 5.74) is 0.764. The van der Waals surface area contributed by atoms with E-state index in [9.17, 15) is 10.1 Å². The van der Waals surface area contributed by atoms with Crippen LogP contribution in [-0.2, 0) is 0 Å². The number of aromatic nitrogens is 1. The van der Waals surface area contributed by atoms with Gasteiger partial charge in [-0.3, -0.25) is 15.1 Å². The lowest BCUT2D eigenvalue weighted by atomic mass is 10.2. The van der Waals surface area contributed by atoms with E-state index in [1.807, 2.05) is 0 Å². The molecule has 0 N–H and O–H groups in total. The lowest BCUT2D eigenvalue weighted by molar-refractivity contribution is -0.385. The molecule has 0 aliphatic rings. The van der Waals surface area contributed by atoms with Crippen molar-refractivity contribution in [3.05, 3.63) is 32.0 Å². The van der Waals surface area contributed by atoms with Gasteiger partial charge >= 0.3 is 0 Å². The predicted molar refractivity (Wildman–Crippen MR) is 64.6 cm³/mol. The Kier molecular flexibility index (Phi) is 3.94. The fourth-order valence-electron chi connectivity index (χ4n) is 1.12. The van der Waals surface area contributed by atoms with Crippen molar-refractivity contribution in [2.45, 2.75) is 6.92 Å². The van der Waals surface area contributed by atoms with Crippen molar-refractivity contribution in [2.24, 2.45) is 5.10 Å². The molecule has 0 unspecified atom stereocenters. The Balaban J connectivity index is 3.34. The molecule has 1 aromatic heterocycles. The van der Waals surface area contributed by atoms with Crippen LogP contribution < -0.4 is 0 Å². The molecule has 1 aromatic rings. The monoisotopic (exact) mass is 286 g/mol. The minimum atomic E-state index is -0.454. The number of hydrazone groups is 1. The number of halogens is 1. The first-order valence-corrected chi connectivity index (χ1v) is 5.23. The van der Waals surface area contributed by atoms with Gasteiger partial charge in [0.25, 0.3) is 5.69 Å². The van der Waals surface area contributed by atoms with Crippen molar-refractivity contribution in [2.75, 3.05) is 14.1 Å². The summed E-state index contributed by atoms with van der Waals surface area (Å²) < 4.78 is 0.551. The second-order valence-corrected chi connectivity index (χ2v) is 4.16. The third-order valence-electron chi connectivity index (χ3n) is 1.83. The molecule has 86 valence electrons. The van der Waals surface area contributed by atoms with Crippen LogP contribution in [0.2, 0.25) is 0 Å². The van der Waals surface area contributed by atoms with E-state index in [2.05, 4.69) is 26.0 Å². The Bertz CT molecular complexity index is 445. The molecule has 0 saturated heterocycles. The van der Waals surface area contributed by atoms with E-state index in [0.717, 1.165) is 0 Å². The van der Waals surface area contributed by atoms with E-state index in [1.165, 1.54) is 12.4 Å². The molecule has 16 heavy (non-hydrogen) atoms. The highest BCUT2D eigenvalue weighted by atomic mass is 79.9. The maximum Gasteiger partial charge on any atom is 0.300 e. The zero-order valence-corrected chi connectivity index (χ0v) is 10.7. The Morgan fingerprint density at radius 1 is 1.62 bits per heavy atom. The molecule has 0 saturated carbocycles. The second kappa shape index (κ2) is 5.02. The van der Waals surface area contributed by atoms with Crippen LogP contribution in [0, 0.1) is 17.0 Å². The van der Waals surface area contributed by atoms with E-state index in [4.69, 9.17) is 0 Å². The topological polar surface area (TPSA) is 71.6 Å². The molecule has 0 fully saturated rings. The van der Waals surface area contributed by atoms with Gasteiger partial charge in [0.2, 0.25) is 0 Å². The maximum atomic E-state index is 10.9. The lowest BCUT2D eigenvalue weighted by Gasteiger charge is -2.05. The summed E-state index contributed by atoms with van der Waals surface area (Å²) in [7, 11) is 3.48. The van der Waals surface area contributed by atoms with Crippen molar-refractivity contribution in [1.29, 1.82) is 0 Å². The van der Waals surface area contributed by atoms with E-state index >= 15 is 0 Å². The molecular weight excluding hydrogens is 276 g/mol. The Labute approximate surface area is 101 Å². The minimum Gasteiger partial charge on any atom is -0.303 e. The highest BCUT2D eigenvalue weighted by Crippen LogP contribution is 2.26. The first-order valence-electron chi connectivity index (χ1n) is 4.44. The zero-order chi connectivity index (χ0) is 12.3. The van der Waals surface area contributed by atoms with E-state index in [-0.39, 0.29) is 5.69 Å². The van der Waals surface area contributed by atoms with Crippen molar-refractivity contribution in [3.8, 4) is 0 Å². The van der Waals surface area contributed by atoms with Gasteiger partial charge in [0, 0.05) is 20.3 Å². The number of hydrogen-bond donors (Lipinski definition) is 0. The molecule has 0 bridgehead atoms. The number of hydrogen-bond acceptors (Lipinski definition) is 5. The van der Waals surface area contributed by atoms with Gasteiger partial charge in [0.1, 0.15) is 5.69 Å². The van der Waals surface area contributed by atoms with Crippen LogP contribution in [0.4, 0.5) is 5.69 Å². The van der Waals surface area contributed by atoms with Gasteiger partial charge in [-0.05, 0) is 22.9 Å². The molecule has 1 heterocycles. The third kappa shape index (κ3) is 2.75. The molecule has 0 aliphatic carbocycles. The first kappa shape index (κ1) is 12.6. The molecule has 6 nitrogen and oxygen atoms in total. The fraction of sp³-hybridized carbons (Fsp3) is 0.333. The Morgan fingerprint density at radius 2 is 2.25 bits per heavy atom.